The van der Waals surface area contributed by atoms with Crippen LogP contribution in [0.5, 0.6) is 0 Å². The average Bonchev–Trinajstić information content (AvgIpc) is 3.10. The van der Waals surface area contributed by atoms with Crippen molar-refractivity contribution in [3.05, 3.63) is 47.2 Å². The van der Waals surface area contributed by atoms with E-state index < -0.39 is 12.0 Å². The van der Waals surface area contributed by atoms with Gasteiger partial charge in [-0.15, -0.1) is 0 Å². The van der Waals surface area contributed by atoms with Gasteiger partial charge in [0.2, 0.25) is 0 Å². The molecule has 0 unspecified atom stereocenters. The second kappa shape index (κ2) is 7.02. The van der Waals surface area contributed by atoms with Crippen molar-refractivity contribution in [3.8, 4) is 0 Å². The van der Waals surface area contributed by atoms with E-state index in [9.17, 15) is 9.59 Å². The molecule has 1 aromatic heterocycles. The number of fused-ring (bicyclic) bond motifs is 6. The number of benzene rings is 1. The van der Waals surface area contributed by atoms with E-state index in [0.717, 1.165) is 25.9 Å². The fourth-order valence-electron chi connectivity index (χ4n) is 5.62. The third-order valence-corrected chi connectivity index (χ3v) is 6.85. The van der Waals surface area contributed by atoms with Crippen molar-refractivity contribution >= 4 is 22.8 Å². The molecule has 2 aromatic rings. The van der Waals surface area contributed by atoms with Gasteiger partial charge in [0.05, 0.1) is 13.2 Å². The van der Waals surface area contributed by atoms with Crippen LogP contribution in [0.15, 0.2) is 35.9 Å². The molecule has 6 nitrogen and oxygen atoms in total. The Morgan fingerprint density at radius 2 is 2.07 bits per heavy atom. The second-order valence-corrected chi connectivity index (χ2v) is 8.35. The van der Waals surface area contributed by atoms with Crippen molar-refractivity contribution in [1.29, 1.82) is 0 Å². The van der Waals surface area contributed by atoms with Crippen molar-refractivity contribution in [1.82, 2.24) is 9.88 Å². The molecule has 0 spiro atoms. The summed E-state index contributed by atoms with van der Waals surface area (Å²) in [4.78, 5) is 30.5. The zero-order valence-electron chi connectivity index (χ0n) is 16.8. The number of rotatable bonds is 2. The second-order valence-electron chi connectivity index (χ2n) is 8.35. The van der Waals surface area contributed by atoms with Gasteiger partial charge in [-0.05, 0) is 30.4 Å². The molecule has 4 atom stereocenters. The Hall–Kier alpha value is -2.60. The number of hydrogen-bond donors (Lipinski definition) is 1. The Morgan fingerprint density at radius 1 is 1.24 bits per heavy atom. The summed E-state index contributed by atoms with van der Waals surface area (Å²) in [7, 11) is 1.41. The molecule has 0 amide bonds. The fourth-order valence-corrected chi connectivity index (χ4v) is 5.62. The van der Waals surface area contributed by atoms with E-state index in [2.05, 4.69) is 40.2 Å². The van der Waals surface area contributed by atoms with E-state index in [0.29, 0.717) is 6.42 Å². The van der Waals surface area contributed by atoms with E-state index in [4.69, 9.17) is 9.47 Å². The fraction of sp³-hybridized carbons (Fsp3) is 0.478. The predicted octanol–water partition coefficient (Wildman–Crippen LogP) is 3.14. The van der Waals surface area contributed by atoms with E-state index in [1.54, 1.807) is 0 Å². The first-order valence-corrected chi connectivity index (χ1v) is 10.3. The molecule has 3 aliphatic rings. The number of carbonyl (C=O) groups is 2. The van der Waals surface area contributed by atoms with E-state index in [1.165, 1.54) is 41.8 Å². The first-order chi connectivity index (χ1) is 14.1. The summed E-state index contributed by atoms with van der Waals surface area (Å²) in [5.41, 5.74) is 5.12. The predicted molar refractivity (Wildman–Crippen MR) is 108 cm³/mol. The Balaban J connectivity index is 1.52. The lowest BCUT2D eigenvalue weighted by atomic mass is 9.70. The standard InChI is InChI=1S/C23H26N2O4/c1-13(26)29-20-8-7-14-12-25-10-9-16-15-5-3-4-6-18(15)24-22(16)19(25)11-17(14)21(20)23(27)28-2/h3-7,17,19-21,24H,8-12H2,1-2H3/t17-,19-,20-,21+/m0/s1. The third-order valence-electron chi connectivity index (χ3n) is 6.85. The van der Waals surface area contributed by atoms with E-state index in [-0.39, 0.29) is 23.9 Å². The van der Waals surface area contributed by atoms with E-state index >= 15 is 0 Å². The highest BCUT2D eigenvalue weighted by Gasteiger charge is 2.48. The SMILES string of the molecule is COC(=O)[C@H]1[C@@H](OC(C)=O)CC=C2CN3CCc4c([nH]c5ccccc45)[C@@H]3C[C@@H]21. The lowest BCUT2D eigenvalue weighted by molar-refractivity contribution is -0.162. The molecule has 1 fully saturated rings. The normalized spacial score (nSPS) is 28.7. The van der Waals surface area contributed by atoms with Crippen molar-refractivity contribution in [2.45, 2.75) is 38.3 Å². The zero-order chi connectivity index (χ0) is 20.1. The summed E-state index contributed by atoms with van der Waals surface area (Å²) in [5, 5.41) is 1.30. The lowest BCUT2D eigenvalue weighted by Gasteiger charge is -2.47. The maximum absolute atomic E-state index is 12.7. The molecule has 0 bridgehead atoms. The summed E-state index contributed by atoms with van der Waals surface area (Å²) in [6, 6.07) is 8.69. The number of hydrogen-bond acceptors (Lipinski definition) is 5. The number of aromatic amines is 1. The summed E-state index contributed by atoms with van der Waals surface area (Å²) in [5.74, 6) is -1.05. The van der Waals surface area contributed by atoms with Crippen LogP contribution in [0.2, 0.25) is 0 Å². The molecule has 1 aliphatic carbocycles. The molecule has 0 saturated carbocycles. The number of methoxy groups -OCH3 is 1. The molecule has 152 valence electrons. The van der Waals surface area contributed by atoms with Crippen molar-refractivity contribution in [3.63, 3.8) is 0 Å². The van der Waals surface area contributed by atoms with Crippen LogP contribution in [0.4, 0.5) is 0 Å². The van der Waals surface area contributed by atoms with Gasteiger partial charge in [0.15, 0.2) is 0 Å². The molecule has 0 radical (unpaired) electrons. The molecule has 1 saturated heterocycles. The number of nitrogens with one attached hydrogen (secondary N) is 1. The van der Waals surface area contributed by atoms with Gasteiger partial charge in [-0.25, -0.2) is 0 Å². The summed E-state index contributed by atoms with van der Waals surface area (Å²) in [6.45, 7) is 3.26. The Bertz CT molecular complexity index is 1010. The highest BCUT2D eigenvalue weighted by Crippen LogP contribution is 2.48. The number of carbonyl (C=O) groups excluding carboxylic acids is 2. The van der Waals surface area contributed by atoms with E-state index in [1.807, 2.05) is 0 Å². The Labute approximate surface area is 169 Å². The monoisotopic (exact) mass is 394 g/mol. The average molecular weight is 394 g/mol. The highest BCUT2D eigenvalue weighted by atomic mass is 16.6. The highest BCUT2D eigenvalue weighted by molar-refractivity contribution is 5.85. The number of aromatic nitrogens is 1. The molecule has 1 aromatic carbocycles. The molecular formula is C23H26N2O4. The minimum absolute atomic E-state index is 0.0270. The number of ether oxygens (including phenoxy) is 2. The molecule has 5 rings (SSSR count). The van der Waals surface area contributed by atoms with Gasteiger partial charge in [0.1, 0.15) is 12.0 Å². The quantitative estimate of drug-likeness (QED) is 0.626. The molecule has 1 N–H and O–H groups in total. The number of nitrogens with zero attached hydrogens (tertiary/aromatic N) is 1. The summed E-state index contributed by atoms with van der Waals surface area (Å²) in [6.07, 6.45) is 4.15. The van der Waals surface area contributed by atoms with Crippen LogP contribution in [0.1, 0.15) is 37.1 Å². The number of H-pyrrole nitrogens is 1. The van der Waals surface area contributed by atoms with Gasteiger partial charge in [-0.1, -0.05) is 29.8 Å². The molecule has 2 aliphatic heterocycles. The minimum Gasteiger partial charge on any atom is -0.469 e. The van der Waals surface area contributed by atoms with Gasteiger partial charge < -0.3 is 14.5 Å². The van der Waals surface area contributed by atoms with Gasteiger partial charge >= 0.3 is 11.9 Å². The molecule has 29 heavy (non-hydrogen) atoms. The largest absolute Gasteiger partial charge is 0.469 e. The van der Waals surface area contributed by atoms with Gasteiger partial charge in [0.25, 0.3) is 0 Å². The number of esters is 2. The van der Waals surface area contributed by atoms with Gasteiger partial charge in [0, 0.05) is 43.0 Å². The van der Waals surface area contributed by atoms with Crippen LogP contribution < -0.4 is 0 Å². The van der Waals surface area contributed by atoms with Crippen LogP contribution in [0.25, 0.3) is 10.9 Å². The van der Waals surface area contributed by atoms with Crippen molar-refractivity contribution in [2.75, 3.05) is 20.2 Å². The maximum atomic E-state index is 12.7. The maximum Gasteiger partial charge on any atom is 0.313 e. The van der Waals surface area contributed by atoms with Crippen LogP contribution in [0.3, 0.4) is 0 Å². The van der Waals surface area contributed by atoms with Crippen molar-refractivity contribution in [2.24, 2.45) is 11.8 Å². The molecule has 3 heterocycles. The lowest BCUT2D eigenvalue weighted by Crippen LogP contribution is -2.49. The van der Waals surface area contributed by atoms with Crippen molar-refractivity contribution < 1.29 is 19.1 Å². The molecule has 6 heteroatoms. The molecular weight excluding hydrogens is 368 g/mol. The first kappa shape index (κ1) is 18.4. The summed E-state index contributed by atoms with van der Waals surface area (Å²) >= 11 is 0. The summed E-state index contributed by atoms with van der Waals surface area (Å²) < 4.78 is 10.6. The minimum atomic E-state index is -0.453. The van der Waals surface area contributed by atoms with Gasteiger partial charge in [-0.2, -0.15) is 0 Å². The first-order valence-electron chi connectivity index (χ1n) is 10.3. The van der Waals surface area contributed by atoms with Crippen LogP contribution >= 0.6 is 0 Å². The van der Waals surface area contributed by atoms with Crippen LogP contribution in [0, 0.1) is 11.8 Å². The number of para-hydroxylation sites is 1. The Morgan fingerprint density at radius 3 is 2.86 bits per heavy atom. The van der Waals surface area contributed by atoms with Crippen LogP contribution in [-0.4, -0.2) is 48.1 Å². The van der Waals surface area contributed by atoms with Crippen LogP contribution in [-0.2, 0) is 25.5 Å². The smallest absolute Gasteiger partial charge is 0.313 e. The van der Waals surface area contributed by atoms with Gasteiger partial charge in [-0.3, -0.25) is 14.5 Å². The zero-order valence-corrected chi connectivity index (χ0v) is 16.8. The Kier molecular flexibility index (Phi) is 4.46. The third kappa shape index (κ3) is 2.97. The number of piperidine rings is 1. The topological polar surface area (TPSA) is 71.6 Å².